The van der Waals surface area contributed by atoms with Crippen molar-refractivity contribution in [3.05, 3.63) is 41.1 Å². The summed E-state index contributed by atoms with van der Waals surface area (Å²) in [5.41, 5.74) is 4.35. The number of halogens is 1. The highest BCUT2D eigenvalue weighted by Crippen LogP contribution is 2.26. The average molecular weight is 458 g/mol. The Morgan fingerprint density at radius 3 is 2.48 bits per heavy atom. The van der Waals surface area contributed by atoms with E-state index in [0.717, 1.165) is 45.8 Å². The summed E-state index contributed by atoms with van der Waals surface area (Å²) in [7, 11) is 0. The summed E-state index contributed by atoms with van der Waals surface area (Å²) in [5, 5.41) is 0. The van der Waals surface area contributed by atoms with Crippen molar-refractivity contribution in [3.8, 4) is 11.3 Å². The van der Waals surface area contributed by atoms with E-state index in [-0.39, 0.29) is 6.09 Å². The molecule has 0 unspecified atom stereocenters. The number of fused-ring (bicyclic) bond motifs is 1. The van der Waals surface area contributed by atoms with Crippen LogP contribution in [0.4, 0.5) is 10.5 Å². The number of rotatable bonds is 2. The fourth-order valence-electron chi connectivity index (χ4n) is 3.36. The van der Waals surface area contributed by atoms with Crippen LogP contribution in [0.2, 0.25) is 0 Å². The number of nitrogens with zero attached hydrogens (tertiary/aromatic N) is 4. The van der Waals surface area contributed by atoms with Gasteiger partial charge in [0.15, 0.2) is 5.65 Å². The highest BCUT2D eigenvalue weighted by atomic mass is 79.9. The van der Waals surface area contributed by atoms with Gasteiger partial charge in [0, 0.05) is 37.6 Å². The van der Waals surface area contributed by atoms with E-state index in [0.29, 0.717) is 13.1 Å². The Labute approximate surface area is 178 Å². The molecule has 8 heteroatoms. The molecule has 1 aliphatic heterocycles. The second kappa shape index (κ2) is 7.67. The SMILES string of the molecule is CC(C)(C)OC(=O)N1CCN(c2ccc(-c3cc4nc(Br)cnc4[nH]3)cc2)CC1. The Bertz CT molecular complexity index is 1020. The minimum Gasteiger partial charge on any atom is -0.444 e. The molecular weight excluding hydrogens is 434 g/mol. The Balaban J connectivity index is 1.41. The highest BCUT2D eigenvalue weighted by molar-refractivity contribution is 9.10. The third-order valence-electron chi connectivity index (χ3n) is 4.78. The van der Waals surface area contributed by atoms with Crippen LogP contribution in [0, 0.1) is 0 Å². The van der Waals surface area contributed by atoms with Crippen LogP contribution >= 0.6 is 15.9 Å². The molecule has 1 N–H and O–H groups in total. The van der Waals surface area contributed by atoms with Crippen LogP contribution in [-0.2, 0) is 4.74 Å². The van der Waals surface area contributed by atoms with Gasteiger partial charge < -0.3 is 19.5 Å². The standard InChI is InChI=1S/C21H24BrN5O2/c1-21(2,3)29-20(28)27-10-8-26(9-11-27)15-6-4-14(5-7-15)16-12-17-19(25-16)23-13-18(22)24-17/h4-7,12-13H,8-11H2,1-3H3,(H,23,25). The Morgan fingerprint density at radius 1 is 1.14 bits per heavy atom. The van der Waals surface area contributed by atoms with E-state index in [1.807, 2.05) is 26.8 Å². The zero-order valence-corrected chi connectivity index (χ0v) is 18.4. The largest absolute Gasteiger partial charge is 0.444 e. The van der Waals surface area contributed by atoms with Gasteiger partial charge in [0.05, 0.1) is 6.20 Å². The summed E-state index contributed by atoms with van der Waals surface area (Å²) < 4.78 is 6.19. The van der Waals surface area contributed by atoms with Crippen molar-refractivity contribution in [2.45, 2.75) is 26.4 Å². The van der Waals surface area contributed by atoms with Crippen molar-refractivity contribution in [1.82, 2.24) is 19.9 Å². The molecule has 152 valence electrons. The molecule has 0 atom stereocenters. The number of carbonyl (C=O) groups excluding carboxylic acids is 1. The molecule has 4 rings (SSSR count). The van der Waals surface area contributed by atoms with Gasteiger partial charge in [0.2, 0.25) is 0 Å². The van der Waals surface area contributed by atoms with Crippen molar-refractivity contribution in [2.75, 3.05) is 31.1 Å². The van der Waals surface area contributed by atoms with E-state index in [1.54, 1.807) is 11.1 Å². The molecule has 3 aromatic rings. The van der Waals surface area contributed by atoms with Crippen molar-refractivity contribution < 1.29 is 9.53 Å². The molecule has 1 fully saturated rings. The molecular formula is C21H24BrN5O2. The zero-order valence-electron chi connectivity index (χ0n) is 16.8. The predicted molar refractivity (Wildman–Crippen MR) is 117 cm³/mol. The third kappa shape index (κ3) is 4.53. The van der Waals surface area contributed by atoms with E-state index >= 15 is 0 Å². The van der Waals surface area contributed by atoms with Gasteiger partial charge in [0.25, 0.3) is 0 Å². The monoisotopic (exact) mass is 457 g/mol. The molecule has 0 saturated carbocycles. The van der Waals surface area contributed by atoms with Gasteiger partial charge >= 0.3 is 6.09 Å². The van der Waals surface area contributed by atoms with E-state index in [2.05, 4.69) is 60.0 Å². The van der Waals surface area contributed by atoms with Crippen LogP contribution in [-0.4, -0.2) is 57.7 Å². The molecule has 1 saturated heterocycles. The molecule has 0 bridgehead atoms. The second-order valence-corrected chi connectivity index (χ2v) is 8.92. The van der Waals surface area contributed by atoms with Gasteiger partial charge in [-0.15, -0.1) is 0 Å². The van der Waals surface area contributed by atoms with E-state index in [1.165, 1.54) is 0 Å². The summed E-state index contributed by atoms with van der Waals surface area (Å²) in [6.45, 7) is 8.55. The van der Waals surface area contributed by atoms with E-state index in [9.17, 15) is 4.79 Å². The van der Waals surface area contributed by atoms with Gasteiger partial charge in [-0.3, -0.25) is 0 Å². The van der Waals surface area contributed by atoms with Crippen LogP contribution in [0.1, 0.15) is 20.8 Å². The number of aromatic nitrogens is 3. The van der Waals surface area contributed by atoms with Crippen molar-refractivity contribution in [2.24, 2.45) is 0 Å². The van der Waals surface area contributed by atoms with Crippen LogP contribution in [0.25, 0.3) is 22.4 Å². The minimum absolute atomic E-state index is 0.236. The number of piperazine rings is 1. The van der Waals surface area contributed by atoms with Gasteiger partial charge in [-0.1, -0.05) is 12.1 Å². The first-order valence-corrected chi connectivity index (χ1v) is 10.4. The minimum atomic E-state index is -0.464. The Morgan fingerprint density at radius 2 is 1.83 bits per heavy atom. The molecule has 0 radical (unpaired) electrons. The molecule has 7 nitrogen and oxygen atoms in total. The molecule has 1 aliphatic rings. The number of hydrogen-bond acceptors (Lipinski definition) is 5. The number of amides is 1. The fraction of sp³-hybridized carbons (Fsp3) is 0.381. The van der Waals surface area contributed by atoms with Gasteiger partial charge in [-0.05, 0) is 60.5 Å². The molecule has 1 amide bonds. The van der Waals surface area contributed by atoms with Crippen molar-refractivity contribution in [3.63, 3.8) is 0 Å². The number of aromatic amines is 1. The number of H-pyrrole nitrogens is 1. The zero-order chi connectivity index (χ0) is 20.6. The van der Waals surface area contributed by atoms with Crippen molar-refractivity contribution in [1.29, 1.82) is 0 Å². The maximum atomic E-state index is 12.2. The normalized spacial score (nSPS) is 15.0. The predicted octanol–water partition coefficient (Wildman–Crippen LogP) is 4.44. The fourth-order valence-corrected chi connectivity index (χ4v) is 3.65. The van der Waals surface area contributed by atoms with Crippen molar-refractivity contribution >= 4 is 38.9 Å². The first kappa shape index (κ1) is 19.7. The molecule has 0 spiro atoms. The Kier molecular flexibility index (Phi) is 5.21. The molecule has 1 aromatic carbocycles. The average Bonchev–Trinajstić information content (AvgIpc) is 3.10. The van der Waals surface area contributed by atoms with Gasteiger partial charge in [0.1, 0.15) is 15.7 Å². The highest BCUT2D eigenvalue weighted by Gasteiger charge is 2.25. The molecule has 0 aliphatic carbocycles. The maximum absolute atomic E-state index is 12.2. The van der Waals surface area contributed by atoms with Gasteiger partial charge in [-0.2, -0.15) is 0 Å². The number of ether oxygens (including phenoxy) is 1. The van der Waals surface area contributed by atoms with Crippen LogP contribution in [0.5, 0.6) is 0 Å². The Hall–Kier alpha value is -2.61. The summed E-state index contributed by atoms with van der Waals surface area (Å²) >= 11 is 3.35. The number of benzene rings is 1. The lowest BCUT2D eigenvalue weighted by molar-refractivity contribution is 0.0240. The summed E-state index contributed by atoms with van der Waals surface area (Å²) in [4.78, 5) is 28.4. The van der Waals surface area contributed by atoms with E-state index in [4.69, 9.17) is 4.74 Å². The molecule has 3 heterocycles. The summed E-state index contributed by atoms with van der Waals surface area (Å²) in [5.74, 6) is 0. The van der Waals surface area contributed by atoms with E-state index < -0.39 is 5.60 Å². The number of carbonyl (C=O) groups is 1. The lowest BCUT2D eigenvalue weighted by atomic mass is 10.1. The quantitative estimate of drug-likeness (QED) is 0.615. The lowest BCUT2D eigenvalue weighted by Gasteiger charge is -2.36. The topological polar surface area (TPSA) is 74.3 Å². The van der Waals surface area contributed by atoms with Crippen LogP contribution in [0.15, 0.2) is 41.1 Å². The summed E-state index contributed by atoms with van der Waals surface area (Å²) in [6, 6.07) is 10.4. The van der Waals surface area contributed by atoms with Crippen LogP contribution < -0.4 is 4.90 Å². The lowest BCUT2D eigenvalue weighted by Crippen LogP contribution is -2.50. The van der Waals surface area contributed by atoms with Crippen LogP contribution in [0.3, 0.4) is 0 Å². The number of hydrogen-bond donors (Lipinski definition) is 1. The summed E-state index contributed by atoms with van der Waals surface area (Å²) in [6.07, 6.45) is 1.45. The smallest absolute Gasteiger partial charge is 0.410 e. The first-order valence-electron chi connectivity index (χ1n) is 9.63. The molecule has 2 aromatic heterocycles. The maximum Gasteiger partial charge on any atom is 0.410 e. The molecule has 29 heavy (non-hydrogen) atoms. The second-order valence-electron chi connectivity index (χ2n) is 8.11. The number of anilines is 1. The first-order chi connectivity index (χ1) is 13.8. The van der Waals surface area contributed by atoms with Gasteiger partial charge in [-0.25, -0.2) is 14.8 Å². The number of nitrogens with one attached hydrogen (secondary N) is 1. The third-order valence-corrected chi connectivity index (χ3v) is 5.16.